The van der Waals surface area contributed by atoms with E-state index in [2.05, 4.69) is 19.9 Å². The van der Waals surface area contributed by atoms with Crippen LogP contribution in [0.15, 0.2) is 18.4 Å². The van der Waals surface area contributed by atoms with E-state index in [1.165, 1.54) is 6.33 Å². The van der Waals surface area contributed by atoms with Crippen LogP contribution < -0.4 is 0 Å². The van der Waals surface area contributed by atoms with E-state index in [9.17, 15) is 0 Å². The Balaban J connectivity index is 2.10. The van der Waals surface area contributed by atoms with Gasteiger partial charge in [-0.3, -0.25) is 0 Å². The molecule has 0 aromatic carbocycles. The van der Waals surface area contributed by atoms with Crippen LogP contribution in [0.3, 0.4) is 0 Å². The Morgan fingerprint density at radius 1 is 1.33 bits per heavy atom. The maximum absolute atomic E-state index is 5.45. The molecule has 0 amide bonds. The van der Waals surface area contributed by atoms with E-state index in [1.807, 2.05) is 6.08 Å². The minimum Gasteiger partial charge on any atom is -0.498 e. The van der Waals surface area contributed by atoms with Crippen molar-refractivity contribution in [1.82, 2.24) is 19.9 Å². The molecule has 0 saturated carbocycles. The van der Waals surface area contributed by atoms with Crippen LogP contribution in [0.2, 0.25) is 0 Å². The lowest BCUT2D eigenvalue weighted by molar-refractivity contribution is 0.266. The summed E-state index contributed by atoms with van der Waals surface area (Å²) in [6.45, 7) is 0.809. The van der Waals surface area contributed by atoms with Gasteiger partial charge in [0.1, 0.15) is 11.8 Å². The van der Waals surface area contributed by atoms with Crippen LogP contribution in [-0.4, -0.2) is 26.5 Å². The fourth-order valence-electron chi connectivity index (χ4n) is 1.68. The molecule has 2 aromatic heterocycles. The quantitative estimate of drug-likeness (QED) is 0.761. The number of H-pyrrole nitrogens is 1. The average molecular weight is 202 g/mol. The summed E-state index contributed by atoms with van der Waals surface area (Å²) in [5.74, 6) is 0.990. The summed E-state index contributed by atoms with van der Waals surface area (Å²) in [5, 5.41) is 0. The summed E-state index contributed by atoms with van der Waals surface area (Å²) in [4.78, 5) is 15.4. The number of aromatic nitrogens is 4. The average Bonchev–Trinajstić information content (AvgIpc) is 2.87. The number of nitrogens with zero attached hydrogens (tertiary/aromatic N) is 3. The summed E-state index contributed by atoms with van der Waals surface area (Å²) in [6.07, 6.45) is 7.17. The standard InChI is InChI=1S/C10H10N4O/c1-2-7(15-3-1)4-8-9-10(13-5-11-8)14-6-12-9/h4-6H,1-3H2,(H,11,12,13,14)/b7-4+. The molecule has 0 bridgehead atoms. The maximum atomic E-state index is 5.45. The minimum atomic E-state index is 0.690. The Bertz CT molecular complexity index is 509. The van der Waals surface area contributed by atoms with E-state index in [1.54, 1.807) is 6.33 Å². The van der Waals surface area contributed by atoms with Crippen molar-refractivity contribution in [2.24, 2.45) is 0 Å². The molecule has 0 aliphatic carbocycles. The molecule has 15 heavy (non-hydrogen) atoms. The molecular formula is C10H10N4O. The summed E-state index contributed by atoms with van der Waals surface area (Å²) >= 11 is 0. The van der Waals surface area contributed by atoms with Crippen LogP contribution in [-0.2, 0) is 4.74 Å². The lowest BCUT2D eigenvalue weighted by Crippen LogP contribution is -1.88. The highest BCUT2D eigenvalue weighted by atomic mass is 16.5. The SMILES string of the molecule is C(=C1/CCCO1)/c1ncnc2nc[nH]c12. The molecule has 5 heteroatoms. The Kier molecular flexibility index (Phi) is 1.87. The first-order valence-electron chi connectivity index (χ1n) is 4.91. The molecule has 1 N–H and O–H groups in total. The van der Waals surface area contributed by atoms with Crippen molar-refractivity contribution in [2.45, 2.75) is 12.8 Å². The Morgan fingerprint density at radius 3 is 3.20 bits per heavy atom. The van der Waals surface area contributed by atoms with E-state index in [0.717, 1.165) is 36.4 Å². The predicted octanol–water partition coefficient (Wildman–Crippen LogP) is 1.50. The fourth-order valence-corrected chi connectivity index (χ4v) is 1.68. The number of rotatable bonds is 1. The lowest BCUT2D eigenvalue weighted by Gasteiger charge is -1.98. The van der Waals surface area contributed by atoms with Crippen molar-refractivity contribution >= 4 is 17.2 Å². The first-order valence-corrected chi connectivity index (χ1v) is 4.91. The van der Waals surface area contributed by atoms with Gasteiger partial charge in [0, 0.05) is 12.5 Å². The van der Waals surface area contributed by atoms with Gasteiger partial charge in [0.25, 0.3) is 0 Å². The van der Waals surface area contributed by atoms with E-state index in [0.29, 0.717) is 5.65 Å². The monoisotopic (exact) mass is 202 g/mol. The Labute approximate surface area is 86.2 Å². The van der Waals surface area contributed by atoms with Crippen molar-refractivity contribution in [2.75, 3.05) is 6.61 Å². The van der Waals surface area contributed by atoms with Crippen molar-refractivity contribution in [3.8, 4) is 0 Å². The third-order valence-electron chi connectivity index (χ3n) is 2.40. The van der Waals surface area contributed by atoms with Crippen molar-refractivity contribution in [3.63, 3.8) is 0 Å². The van der Waals surface area contributed by atoms with Gasteiger partial charge < -0.3 is 9.72 Å². The van der Waals surface area contributed by atoms with Gasteiger partial charge in [-0.15, -0.1) is 0 Å². The minimum absolute atomic E-state index is 0.690. The Hall–Kier alpha value is -1.91. The Morgan fingerprint density at radius 2 is 2.33 bits per heavy atom. The van der Waals surface area contributed by atoms with Crippen LogP contribution in [0.5, 0.6) is 0 Å². The summed E-state index contributed by atoms with van der Waals surface area (Å²) in [5.41, 5.74) is 2.39. The number of hydrogen-bond donors (Lipinski definition) is 1. The molecule has 76 valence electrons. The van der Waals surface area contributed by atoms with Gasteiger partial charge in [-0.2, -0.15) is 0 Å². The zero-order valence-corrected chi connectivity index (χ0v) is 8.10. The fraction of sp³-hybridized carbons (Fsp3) is 0.300. The van der Waals surface area contributed by atoms with Crippen LogP contribution in [0.1, 0.15) is 18.5 Å². The highest BCUT2D eigenvalue weighted by molar-refractivity contribution is 5.79. The van der Waals surface area contributed by atoms with Crippen LogP contribution >= 0.6 is 0 Å². The smallest absolute Gasteiger partial charge is 0.181 e. The first kappa shape index (κ1) is 8.40. The van der Waals surface area contributed by atoms with E-state index >= 15 is 0 Å². The molecule has 2 aromatic rings. The largest absolute Gasteiger partial charge is 0.498 e. The van der Waals surface area contributed by atoms with Gasteiger partial charge in [0.15, 0.2) is 5.65 Å². The molecule has 1 fully saturated rings. The van der Waals surface area contributed by atoms with E-state index < -0.39 is 0 Å². The molecule has 0 atom stereocenters. The second kappa shape index (κ2) is 3.34. The van der Waals surface area contributed by atoms with E-state index in [4.69, 9.17) is 4.74 Å². The number of aromatic amines is 1. The van der Waals surface area contributed by atoms with Gasteiger partial charge in [-0.25, -0.2) is 15.0 Å². The van der Waals surface area contributed by atoms with Gasteiger partial charge in [-0.1, -0.05) is 0 Å². The van der Waals surface area contributed by atoms with Crippen LogP contribution in [0.25, 0.3) is 17.2 Å². The summed E-state index contributed by atoms with van der Waals surface area (Å²) < 4.78 is 5.45. The normalized spacial score (nSPS) is 18.5. The molecule has 0 radical (unpaired) electrons. The number of ether oxygens (including phenoxy) is 1. The molecular weight excluding hydrogens is 192 g/mol. The molecule has 1 aliphatic rings. The number of allylic oxidation sites excluding steroid dienone is 1. The second-order valence-electron chi connectivity index (χ2n) is 3.42. The highest BCUT2D eigenvalue weighted by Crippen LogP contribution is 2.20. The van der Waals surface area contributed by atoms with Gasteiger partial charge in [-0.05, 0) is 6.42 Å². The van der Waals surface area contributed by atoms with E-state index in [-0.39, 0.29) is 0 Å². The highest BCUT2D eigenvalue weighted by Gasteiger charge is 2.10. The lowest BCUT2D eigenvalue weighted by atomic mass is 10.2. The predicted molar refractivity (Wildman–Crippen MR) is 54.8 cm³/mol. The zero-order valence-electron chi connectivity index (χ0n) is 8.10. The maximum Gasteiger partial charge on any atom is 0.181 e. The third-order valence-corrected chi connectivity index (χ3v) is 2.40. The number of fused-ring (bicyclic) bond motifs is 1. The third kappa shape index (κ3) is 1.45. The molecule has 3 heterocycles. The van der Waals surface area contributed by atoms with Gasteiger partial charge in [0.2, 0.25) is 0 Å². The zero-order chi connectivity index (χ0) is 10.1. The molecule has 0 unspecified atom stereocenters. The number of nitrogens with one attached hydrogen (secondary N) is 1. The van der Waals surface area contributed by atoms with Crippen molar-refractivity contribution in [3.05, 3.63) is 24.1 Å². The summed E-state index contributed by atoms with van der Waals surface area (Å²) in [7, 11) is 0. The van der Waals surface area contributed by atoms with Crippen LogP contribution in [0, 0.1) is 0 Å². The summed E-state index contributed by atoms with van der Waals surface area (Å²) in [6, 6.07) is 0. The molecule has 1 saturated heterocycles. The molecule has 5 nitrogen and oxygen atoms in total. The first-order chi connectivity index (χ1) is 7.43. The van der Waals surface area contributed by atoms with Crippen molar-refractivity contribution < 1.29 is 4.74 Å². The molecule has 0 spiro atoms. The van der Waals surface area contributed by atoms with Gasteiger partial charge >= 0.3 is 0 Å². The molecule has 3 rings (SSSR count). The van der Waals surface area contributed by atoms with Crippen molar-refractivity contribution in [1.29, 1.82) is 0 Å². The topological polar surface area (TPSA) is 63.7 Å². The number of hydrogen-bond acceptors (Lipinski definition) is 4. The van der Waals surface area contributed by atoms with Crippen LogP contribution in [0.4, 0.5) is 0 Å². The van der Waals surface area contributed by atoms with Gasteiger partial charge in [0.05, 0.1) is 24.4 Å². The number of imidazole rings is 1. The second-order valence-corrected chi connectivity index (χ2v) is 3.42. The molecule has 1 aliphatic heterocycles.